The zero-order valence-corrected chi connectivity index (χ0v) is 10.1. The third-order valence-electron chi connectivity index (χ3n) is 2.61. The fraction of sp³-hybridized carbons (Fsp3) is 0.545. The van der Waals surface area contributed by atoms with Crippen LogP contribution < -0.4 is 16.6 Å². The molecule has 1 saturated carbocycles. The number of carbonyl (C=O) groups excluding carboxylic acids is 1. The molecule has 0 unspecified atom stereocenters. The summed E-state index contributed by atoms with van der Waals surface area (Å²) in [7, 11) is 0. The van der Waals surface area contributed by atoms with Gasteiger partial charge in [-0.3, -0.25) is 4.79 Å². The molecule has 0 saturated heterocycles. The van der Waals surface area contributed by atoms with Gasteiger partial charge >= 0.3 is 0 Å². The molecule has 1 aliphatic carbocycles. The molecule has 7 heteroatoms. The molecule has 1 aromatic rings. The van der Waals surface area contributed by atoms with Crippen LogP contribution in [-0.2, 0) is 4.74 Å². The van der Waals surface area contributed by atoms with Crippen LogP contribution in [0.5, 0.6) is 0 Å². The van der Waals surface area contributed by atoms with Crippen molar-refractivity contribution < 1.29 is 9.53 Å². The molecule has 0 bridgehead atoms. The summed E-state index contributed by atoms with van der Waals surface area (Å²) in [4.78, 5) is 19.5. The maximum Gasteiger partial charge on any atom is 0.271 e. The monoisotopic (exact) mass is 251 g/mol. The van der Waals surface area contributed by atoms with Gasteiger partial charge in [-0.1, -0.05) is 0 Å². The minimum Gasteiger partial charge on any atom is -0.379 e. The number of carbonyl (C=O) groups is 1. The lowest BCUT2D eigenvalue weighted by Gasteiger charge is -2.05. The van der Waals surface area contributed by atoms with Crippen LogP contribution in [0, 0.1) is 5.92 Å². The highest BCUT2D eigenvalue weighted by Crippen LogP contribution is 2.28. The van der Waals surface area contributed by atoms with Crippen LogP contribution >= 0.6 is 0 Å². The molecule has 4 N–H and O–H groups in total. The van der Waals surface area contributed by atoms with E-state index in [1.165, 1.54) is 25.2 Å². The lowest BCUT2D eigenvalue weighted by molar-refractivity contribution is 0.0901. The van der Waals surface area contributed by atoms with Crippen LogP contribution in [0.15, 0.2) is 12.4 Å². The van der Waals surface area contributed by atoms with Gasteiger partial charge in [-0.2, -0.15) is 0 Å². The Morgan fingerprint density at radius 1 is 1.44 bits per heavy atom. The Bertz CT molecular complexity index is 391. The van der Waals surface area contributed by atoms with Crippen LogP contribution in [0.25, 0.3) is 0 Å². The molecule has 7 nitrogen and oxygen atoms in total. The van der Waals surface area contributed by atoms with Gasteiger partial charge in [0.15, 0.2) is 5.82 Å². The summed E-state index contributed by atoms with van der Waals surface area (Å²) in [6.07, 6.45) is 5.31. The number of rotatable bonds is 7. The van der Waals surface area contributed by atoms with Gasteiger partial charge < -0.3 is 15.5 Å². The number of ether oxygens (including phenoxy) is 1. The quantitative estimate of drug-likeness (QED) is 0.356. The number of anilines is 1. The third-order valence-corrected chi connectivity index (χ3v) is 2.61. The van der Waals surface area contributed by atoms with Gasteiger partial charge in [-0.25, -0.2) is 15.8 Å². The largest absolute Gasteiger partial charge is 0.379 e. The Hall–Kier alpha value is -1.73. The molecule has 98 valence electrons. The van der Waals surface area contributed by atoms with Gasteiger partial charge in [-0.15, -0.1) is 0 Å². The first kappa shape index (κ1) is 12.7. The average molecular weight is 251 g/mol. The minimum absolute atomic E-state index is 0.260. The third kappa shape index (κ3) is 3.94. The molecule has 0 aliphatic heterocycles. The summed E-state index contributed by atoms with van der Waals surface area (Å²) in [6.45, 7) is 1.80. The smallest absolute Gasteiger partial charge is 0.271 e. The van der Waals surface area contributed by atoms with Crippen molar-refractivity contribution in [2.45, 2.75) is 12.8 Å². The fourth-order valence-corrected chi connectivity index (χ4v) is 1.38. The second-order valence-corrected chi connectivity index (χ2v) is 4.21. The molecular formula is C11H17N5O2. The lowest BCUT2D eigenvalue weighted by Crippen LogP contribution is -2.28. The fourth-order valence-electron chi connectivity index (χ4n) is 1.38. The molecule has 18 heavy (non-hydrogen) atoms. The first-order valence-electron chi connectivity index (χ1n) is 5.94. The van der Waals surface area contributed by atoms with E-state index in [0.717, 1.165) is 12.5 Å². The molecule has 2 rings (SSSR count). The molecule has 1 fully saturated rings. The zero-order valence-electron chi connectivity index (χ0n) is 10.1. The van der Waals surface area contributed by atoms with E-state index < -0.39 is 0 Å². The van der Waals surface area contributed by atoms with E-state index in [9.17, 15) is 4.79 Å². The highest BCUT2D eigenvalue weighted by atomic mass is 16.5. The van der Waals surface area contributed by atoms with E-state index in [-0.39, 0.29) is 11.6 Å². The SMILES string of the molecule is NNc1cnc(C(=O)NCCOCC2CC2)cn1. The molecule has 1 aromatic heterocycles. The molecular weight excluding hydrogens is 234 g/mol. The molecule has 0 aromatic carbocycles. The summed E-state index contributed by atoms with van der Waals surface area (Å²) in [5.74, 6) is 6.04. The van der Waals surface area contributed by atoms with Crippen molar-refractivity contribution in [1.29, 1.82) is 0 Å². The highest BCUT2D eigenvalue weighted by molar-refractivity contribution is 5.91. The second kappa shape index (κ2) is 6.27. The number of nitrogen functional groups attached to an aromatic ring is 1. The molecule has 1 amide bonds. The average Bonchev–Trinajstić information content (AvgIpc) is 3.22. The van der Waals surface area contributed by atoms with E-state index in [2.05, 4.69) is 20.7 Å². The predicted molar refractivity (Wildman–Crippen MR) is 65.7 cm³/mol. The zero-order chi connectivity index (χ0) is 12.8. The summed E-state index contributed by atoms with van der Waals surface area (Å²) in [5.41, 5.74) is 2.60. The molecule has 0 radical (unpaired) electrons. The van der Waals surface area contributed by atoms with Crippen molar-refractivity contribution in [2.75, 3.05) is 25.2 Å². The van der Waals surface area contributed by atoms with Gasteiger partial charge in [0.05, 0.1) is 19.0 Å². The topological polar surface area (TPSA) is 102 Å². The van der Waals surface area contributed by atoms with Crippen LogP contribution in [0.4, 0.5) is 5.82 Å². The van der Waals surface area contributed by atoms with Crippen LogP contribution in [0.2, 0.25) is 0 Å². The number of nitrogens with one attached hydrogen (secondary N) is 2. The summed E-state index contributed by atoms with van der Waals surface area (Å²) < 4.78 is 5.40. The summed E-state index contributed by atoms with van der Waals surface area (Å²) in [6, 6.07) is 0. The lowest BCUT2D eigenvalue weighted by atomic mass is 10.4. The van der Waals surface area contributed by atoms with Crippen molar-refractivity contribution >= 4 is 11.7 Å². The molecule has 1 heterocycles. The number of amides is 1. The maximum absolute atomic E-state index is 11.6. The normalized spacial score (nSPS) is 14.3. The van der Waals surface area contributed by atoms with E-state index in [4.69, 9.17) is 10.6 Å². The van der Waals surface area contributed by atoms with Crippen molar-refractivity contribution in [3.63, 3.8) is 0 Å². The Labute approximate surface area is 105 Å². The van der Waals surface area contributed by atoms with Crippen molar-refractivity contribution in [2.24, 2.45) is 11.8 Å². The van der Waals surface area contributed by atoms with Crippen LogP contribution in [0.1, 0.15) is 23.3 Å². The summed E-state index contributed by atoms with van der Waals surface area (Å²) >= 11 is 0. The Kier molecular flexibility index (Phi) is 4.43. The van der Waals surface area contributed by atoms with Crippen LogP contribution in [0.3, 0.4) is 0 Å². The molecule has 1 aliphatic rings. The molecule has 0 spiro atoms. The highest BCUT2D eigenvalue weighted by Gasteiger charge is 2.20. The van der Waals surface area contributed by atoms with E-state index in [1.54, 1.807) is 0 Å². The van der Waals surface area contributed by atoms with Gasteiger partial charge in [0.2, 0.25) is 0 Å². The van der Waals surface area contributed by atoms with Gasteiger partial charge in [0, 0.05) is 13.2 Å². The standard InChI is InChI=1S/C11H17N5O2/c12-16-10-6-14-9(5-15-10)11(17)13-3-4-18-7-8-1-2-8/h5-6,8H,1-4,7,12H2,(H,13,17)(H,15,16). The number of hydrogen-bond acceptors (Lipinski definition) is 6. The van der Waals surface area contributed by atoms with Crippen molar-refractivity contribution in [3.8, 4) is 0 Å². The second-order valence-electron chi connectivity index (χ2n) is 4.21. The van der Waals surface area contributed by atoms with E-state index >= 15 is 0 Å². The minimum atomic E-state index is -0.263. The Balaban J connectivity index is 1.65. The van der Waals surface area contributed by atoms with Crippen molar-refractivity contribution in [1.82, 2.24) is 15.3 Å². The number of nitrogens with zero attached hydrogens (tertiary/aromatic N) is 2. The number of aromatic nitrogens is 2. The van der Waals surface area contributed by atoms with Gasteiger partial charge in [0.25, 0.3) is 5.91 Å². The Morgan fingerprint density at radius 3 is 2.89 bits per heavy atom. The first-order chi connectivity index (χ1) is 8.79. The summed E-state index contributed by atoms with van der Waals surface area (Å²) in [5, 5.41) is 2.71. The van der Waals surface area contributed by atoms with Crippen LogP contribution in [-0.4, -0.2) is 35.6 Å². The first-order valence-corrected chi connectivity index (χ1v) is 5.94. The Morgan fingerprint density at radius 2 is 2.28 bits per heavy atom. The van der Waals surface area contributed by atoms with E-state index in [0.29, 0.717) is 19.0 Å². The van der Waals surface area contributed by atoms with Gasteiger partial charge in [0.1, 0.15) is 5.69 Å². The van der Waals surface area contributed by atoms with Gasteiger partial charge in [-0.05, 0) is 18.8 Å². The number of hydrogen-bond donors (Lipinski definition) is 3. The number of hydrazine groups is 1. The van der Waals surface area contributed by atoms with E-state index in [1.807, 2.05) is 0 Å². The number of nitrogens with two attached hydrogens (primary N) is 1. The van der Waals surface area contributed by atoms with Crippen molar-refractivity contribution in [3.05, 3.63) is 18.1 Å². The predicted octanol–water partition coefficient (Wildman–Crippen LogP) is -0.0814. The maximum atomic E-state index is 11.6. The molecule has 0 atom stereocenters.